The summed E-state index contributed by atoms with van der Waals surface area (Å²) >= 11 is 6.30. The molecule has 10 heteroatoms. The molecule has 0 atom stereocenters. The maximum Gasteiger partial charge on any atom is 0.331 e. The van der Waals surface area contributed by atoms with Gasteiger partial charge in [0.25, 0.3) is 11.5 Å². The van der Waals surface area contributed by atoms with Gasteiger partial charge in [-0.1, -0.05) is 23.7 Å². The summed E-state index contributed by atoms with van der Waals surface area (Å²) in [5.74, 6) is 0.506. The maximum absolute atomic E-state index is 12.7. The molecule has 2 aromatic carbocycles. The third-order valence-electron chi connectivity index (χ3n) is 6.60. The van der Waals surface area contributed by atoms with Crippen molar-refractivity contribution in [2.75, 3.05) is 37.7 Å². The standard InChI is InChI=1S/C26H26ClN5O4/c1-29-22-15-20(28-24(22)25(34)30(2)26(29)35)17-7-9-18(10-8-17)36-16-23(33)32-13-11-31(12-14-32)21-6-4-3-5-19(21)27/h3-10,15,28H,11-14,16H2,1-2H3. The molecule has 9 nitrogen and oxygen atoms in total. The van der Waals surface area contributed by atoms with Crippen LogP contribution in [0.1, 0.15) is 0 Å². The van der Waals surface area contributed by atoms with Crippen molar-refractivity contribution in [3.63, 3.8) is 0 Å². The number of piperazine rings is 1. The predicted octanol–water partition coefficient (Wildman–Crippen LogP) is 2.61. The van der Waals surface area contributed by atoms with E-state index in [2.05, 4.69) is 9.88 Å². The SMILES string of the molecule is Cn1c(=O)c2[nH]c(-c3ccc(OCC(=O)N4CCN(c5ccccc5Cl)CC4)cc3)cc2n(C)c1=O. The van der Waals surface area contributed by atoms with E-state index in [4.69, 9.17) is 16.3 Å². The van der Waals surface area contributed by atoms with Crippen LogP contribution < -0.4 is 20.9 Å². The monoisotopic (exact) mass is 507 g/mol. The zero-order valence-electron chi connectivity index (χ0n) is 20.0. The Labute approximate surface area is 212 Å². The van der Waals surface area contributed by atoms with E-state index in [0.29, 0.717) is 53.7 Å². The van der Waals surface area contributed by atoms with Crippen molar-refractivity contribution in [2.45, 2.75) is 0 Å². The number of nitrogens with one attached hydrogen (secondary N) is 1. The average Bonchev–Trinajstić information content (AvgIpc) is 3.36. The number of rotatable bonds is 5. The number of ether oxygens (including phenoxy) is 1. The summed E-state index contributed by atoms with van der Waals surface area (Å²) in [5, 5.41) is 0.711. The van der Waals surface area contributed by atoms with E-state index in [1.165, 1.54) is 11.6 Å². The smallest absolute Gasteiger partial charge is 0.331 e. The van der Waals surface area contributed by atoms with Crippen molar-refractivity contribution in [1.29, 1.82) is 0 Å². The zero-order chi connectivity index (χ0) is 25.4. The lowest BCUT2D eigenvalue weighted by Crippen LogP contribution is -2.50. The van der Waals surface area contributed by atoms with Gasteiger partial charge in [0, 0.05) is 46.0 Å². The molecule has 0 unspecified atom stereocenters. The first-order valence-electron chi connectivity index (χ1n) is 11.6. The third-order valence-corrected chi connectivity index (χ3v) is 6.92. The van der Waals surface area contributed by atoms with Gasteiger partial charge in [0.1, 0.15) is 11.3 Å². The van der Waals surface area contributed by atoms with Gasteiger partial charge in [0.2, 0.25) is 0 Å². The van der Waals surface area contributed by atoms with Crippen molar-refractivity contribution in [1.82, 2.24) is 19.0 Å². The van der Waals surface area contributed by atoms with Gasteiger partial charge in [-0.25, -0.2) is 4.79 Å². The van der Waals surface area contributed by atoms with Crippen LogP contribution >= 0.6 is 11.6 Å². The molecule has 0 spiro atoms. The summed E-state index contributed by atoms with van der Waals surface area (Å²) in [5.41, 5.74) is 2.69. The molecule has 0 saturated carbocycles. The van der Waals surface area contributed by atoms with Crippen molar-refractivity contribution >= 4 is 34.2 Å². The first kappa shape index (κ1) is 23.7. The number of hydrogen-bond acceptors (Lipinski definition) is 5. The average molecular weight is 508 g/mol. The number of aryl methyl sites for hydroxylation is 1. The highest BCUT2D eigenvalue weighted by atomic mass is 35.5. The van der Waals surface area contributed by atoms with Crippen LogP contribution in [-0.4, -0.2) is 57.7 Å². The predicted molar refractivity (Wildman–Crippen MR) is 140 cm³/mol. The highest BCUT2D eigenvalue weighted by Gasteiger charge is 2.22. The minimum atomic E-state index is -0.378. The molecule has 36 heavy (non-hydrogen) atoms. The number of aromatic amines is 1. The van der Waals surface area contributed by atoms with E-state index in [9.17, 15) is 14.4 Å². The molecule has 1 amide bonds. The molecule has 1 N–H and O–H groups in total. The second kappa shape index (κ2) is 9.58. The molecule has 1 saturated heterocycles. The fourth-order valence-corrected chi connectivity index (χ4v) is 4.74. The van der Waals surface area contributed by atoms with E-state index in [-0.39, 0.29) is 23.8 Å². The maximum atomic E-state index is 12.7. The second-order valence-electron chi connectivity index (χ2n) is 8.78. The summed E-state index contributed by atoms with van der Waals surface area (Å²) in [4.78, 5) is 44.4. The summed E-state index contributed by atoms with van der Waals surface area (Å²) in [6.07, 6.45) is 0. The second-order valence-corrected chi connectivity index (χ2v) is 9.19. The number of para-hydroxylation sites is 1. The fraction of sp³-hybridized carbons (Fsp3) is 0.269. The highest BCUT2D eigenvalue weighted by molar-refractivity contribution is 6.33. The van der Waals surface area contributed by atoms with Gasteiger partial charge >= 0.3 is 5.69 Å². The molecule has 3 heterocycles. The molecular formula is C26H26ClN5O4. The Hall–Kier alpha value is -3.98. The van der Waals surface area contributed by atoms with Crippen molar-refractivity contribution in [2.24, 2.45) is 14.1 Å². The van der Waals surface area contributed by atoms with Crippen LogP contribution in [0, 0.1) is 0 Å². The van der Waals surface area contributed by atoms with Gasteiger partial charge in [-0.15, -0.1) is 0 Å². The number of amides is 1. The Bertz CT molecular complexity index is 1550. The van der Waals surface area contributed by atoms with Gasteiger partial charge in [-0.05, 0) is 48.0 Å². The number of aromatic nitrogens is 3. The van der Waals surface area contributed by atoms with Crippen molar-refractivity contribution in [3.8, 4) is 17.0 Å². The normalized spacial score (nSPS) is 13.9. The lowest BCUT2D eigenvalue weighted by Gasteiger charge is -2.36. The molecule has 1 aliphatic rings. The van der Waals surface area contributed by atoms with Gasteiger partial charge in [0.15, 0.2) is 6.61 Å². The number of H-pyrrole nitrogens is 1. The molecule has 0 radical (unpaired) electrons. The topological polar surface area (TPSA) is 92.6 Å². The molecule has 0 bridgehead atoms. The molecule has 186 valence electrons. The Morgan fingerprint density at radius 2 is 1.67 bits per heavy atom. The first-order chi connectivity index (χ1) is 17.3. The Kier molecular flexibility index (Phi) is 6.32. The number of carbonyl (C=O) groups excluding carboxylic acids is 1. The van der Waals surface area contributed by atoms with Gasteiger partial charge < -0.3 is 19.5 Å². The van der Waals surface area contributed by atoms with E-state index in [1.54, 1.807) is 30.1 Å². The lowest BCUT2D eigenvalue weighted by molar-refractivity contribution is -0.133. The lowest BCUT2D eigenvalue weighted by atomic mass is 10.1. The largest absolute Gasteiger partial charge is 0.484 e. The molecule has 1 aliphatic heterocycles. The van der Waals surface area contributed by atoms with Gasteiger partial charge in [0.05, 0.1) is 16.2 Å². The Balaban J connectivity index is 1.20. The van der Waals surface area contributed by atoms with E-state index >= 15 is 0 Å². The van der Waals surface area contributed by atoms with E-state index in [0.717, 1.165) is 15.8 Å². The zero-order valence-corrected chi connectivity index (χ0v) is 20.8. The number of halogens is 1. The van der Waals surface area contributed by atoms with Crippen LogP contribution in [0.15, 0.2) is 64.2 Å². The molecule has 1 fully saturated rings. The molecule has 4 aromatic rings. The molecule has 0 aliphatic carbocycles. The first-order valence-corrected chi connectivity index (χ1v) is 12.0. The summed E-state index contributed by atoms with van der Waals surface area (Å²) in [7, 11) is 3.09. The summed E-state index contributed by atoms with van der Waals surface area (Å²) in [6, 6.07) is 16.7. The fourth-order valence-electron chi connectivity index (χ4n) is 4.48. The van der Waals surface area contributed by atoms with Crippen LogP contribution in [-0.2, 0) is 18.9 Å². The van der Waals surface area contributed by atoms with E-state index in [1.807, 2.05) is 36.4 Å². The van der Waals surface area contributed by atoms with Crippen LogP contribution in [0.5, 0.6) is 5.75 Å². The Morgan fingerprint density at radius 3 is 2.36 bits per heavy atom. The molecule has 5 rings (SSSR count). The van der Waals surface area contributed by atoms with Gasteiger partial charge in [-0.3, -0.25) is 18.7 Å². The molecule has 2 aromatic heterocycles. The number of carbonyl (C=O) groups is 1. The minimum absolute atomic E-state index is 0.0457. The third kappa shape index (κ3) is 4.37. The quantitative estimate of drug-likeness (QED) is 0.448. The highest BCUT2D eigenvalue weighted by Crippen LogP contribution is 2.26. The van der Waals surface area contributed by atoms with Crippen LogP contribution in [0.4, 0.5) is 5.69 Å². The number of nitrogens with zero attached hydrogens (tertiary/aromatic N) is 4. The van der Waals surface area contributed by atoms with Gasteiger partial charge in [-0.2, -0.15) is 0 Å². The number of fused-ring (bicyclic) bond motifs is 1. The summed E-state index contributed by atoms with van der Waals surface area (Å²) in [6.45, 7) is 2.59. The summed E-state index contributed by atoms with van der Waals surface area (Å²) < 4.78 is 8.25. The number of benzene rings is 2. The van der Waals surface area contributed by atoms with E-state index < -0.39 is 0 Å². The molecular weight excluding hydrogens is 482 g/mol. The van der Waals surface area contributed by atoms with Crippen LogP contribution in [0.2, 0.25) is 5.02 Å². The van der Waals surface area contributed by atoms with Crippen molar-refractivity contribution < 1.29 is 9.53 Å². The number of anilines is 1. The minimum Gasteiger partial charge on any atom is -0.484 e. The van der Waals surface area contributed by atoms with Crippen molar-refractivity contribution in [3.05, 3.63) is 80.5 Å². The Morgan fingerprint density at radius 1 is 0.972 bits per heavy atom. The van der Waals surface area contributed by atoms with Crippen LogP contribution in [0.25, 0.3) is 22.3 Å². The van der Waals surface area contributed by atoms with Crippen LogP contribution in [0.3, 0.4) is 0 Å². The number of hydrogen-bond donors (Lipinski definition) is 1.